The first-order valence-electron chi connectivity index (χ1n) is 3.84. The predicted molar refractivity (Wildman–Crippen MR) is 48.6 cm³/mol. The van der Waals surface area contributed by atoms with Gasteiger partial charge in [-0.2, -0.15) is 0 Å². The van der Waals surface area contributed by atoms with Crippen LogP contribution < -0.4 is 4.42 Å². The summed E-state index contributed by atoms with van der Waals surface area (Å²) in [7, 11) is 0. The van der Waals surface area contributed by atoms with Gasteiger partial charge in [0, 0.05) is 30.3 Å². The van der Waals surface area contributed by atoms with Gasteiger partial charge >= 0.3 is 0 Å². The summed E-state index contributed by atoms with van der Waals surface area (Å²) in [6.07, 6.45) is 0.514. The van der Waals surface area contributed by atoms with Crippen LogP contribution in [0.2, 0.25) is 0 Å². The molecule has 0 amide bonds. The van der Waals surface area contributed by atoms with E-state index in [9.17, 15) is 4.79 Å². The Hall–Kier alpha value is -1.02. The minimum Gasteiger partial charge on any atom is -0.294 e. The summed E-state index contributed by atoms with van der Waals surface area (Å²) in [4.78, 5) is 11.3. The molecule has 0 unspecified atom stereocenters. The molecule has 12 heavy (non-hydrogen) atoms. The highest BCUT2D eigenvalue weighted by Crippen LogP contribution is 2.27. The lowest BCUT2D eigenvalue weighted by molar-refractivity contribution is 0.0982. The van der Waals surface area contributed by atoms with Crippen molar-refractivity contribution in [2.45, 2.75) is 6.42 Å². The molecule has 0 aliphatic carbocycles. The third-order valence-electron chi connectivity index (χ3n) is 2.00. The second kappa shape index (κ2) is 2.79. The van der Waals surface area contributed by atoms with E-state index in [0.29, 0.717) is 13.0 Å². The number of anilines is 1. The van der Waals surface area contributed by atoms with Crippen LogP contribution in [-0.4, -0.2) is 12.3 Å². The maximum Gasteiger partial charge on any atom is 0.166 e. The molecular formula is C9H8ClNO. The van der Waals surface area contributed by atoms with Gasteiger partial charge in [-0.15, -0.1) is 0 Å². The Balaban J connectivity index is 2.55. The zero-order chi connectivity index (χ0) is 8.55. The van der Waals surface area contributed by atoms with E-state index in [1.165, 1.54) is 0 Å². The lowest BCUT2D eigenvalue weighted by Crippen LogP contribution is -2.23. The van der Waals surface area contributed by atoms with Crippen LogP contribution in [0.4, 0.5) is 5.69 Å². The van der Waals surface area contributed by atoms with Gasteiger partial charge < -0.3 is 0 Å². The summed E-state index contributed by atoms with van der Waals surface area (Å²) < 4.78 is 1.59. The van der Waals surface area contributed by atoms with Crippen molar-refractivity contribution in [1.82, 2.24) is 0 Å². The van der Waals surface area contributed by atoms with Crippen LogP contribution in [-0.2, 0) is 0 Å². The van der Waals surface area contributed by atoms with Crippen LogP contribution in [0.5, 0.6) is 0 Å². The number of hydrogen-bond acceptors (Lipinski definition) is 2. The van der Waals surface area contributed by atoms with E-state index in [-0.39, 0.29) is 5.78 Å². The highest BCUT2D eigenvalue weighted by molar-refractivity contribution is 6.28. The second-order valence-corrected chi connectivity index (χ2v) is 3.18. The Bertz CT molecular complexity index is 324. The molecule has 2 nitrogen and oxygen atoms in total. The van der Waals surface area contributed by atoms with Crippen molar-refractivity contribution < 1.29 is 4.79 Å². The molecule has 0 saturated carbocycles. The first kappa shape index (κ1) is 7.62. The number of hydrogen-bond donors (Lipinski definition) is 0. The Kier molecular flexibility index (Phi) is 1.77. The molecular weight excluding hydrogens is 174 g/mol. The molecule has 1 aliphatic rings. The summed E-state index contributed by atoms with van der Waals surface area (Å²) >= 11 is 5.89. The van der Waals surface area contributed by atoms with Gasteiger partial charge in [-0.1, -0.05) is 12.1 Å². The van der Waals surface area contributed by atoms with Crippen molar-refractivity contribution >= 4 is 23.2 Å². The molecule has 0 atom stereocenters. The van der Waals surface area contributed by atoms with Gasteiger partial charge in [0.25, 0.3) is 0 Å². The first-order chi connectivity index (χ1) is 5.79. The van der Waals surface area contributed by atoms with Gasteiger partial charge in [-0.3, -0.25) is 9.21 Å². The number of para-hydroxylation sites is 1. The predicted octanol–water partition coefficient (Wildman–Crippen LogP) is 2.23. The highest BCUT2D eigenvalue weighted by Gasteiger charge is 2.20. The number of ketones is 1. The van der Waals surface area contributed by atoms with Crippen LogP contribution in [0.15, 0.2) is 24.3 Å². The lowest BCUT2D eigenvalue weighted by atomic mass is 10.0. The quantitative estimate of drug-likeness (QED) is 0.572. The monoisotopic (exact) mass is 181 g/mol. The molecule has 1 heterocycles. The Labute approximate surface area is 75.9 Å². The average molecular weight is 182 g/mol. The van der Waals surface area contributed by atoms with Crippen LogP contribution >= 0.6 is 11.8 Å². The molecule has 2 rings (SSSR count). The number of nitrogens with zero attached hydrogens (tertiary/aromatic N) is 1. The largest absolute Gasteiger partial charge is 0.294 e. The first-order valence-corrected chi connectivity index (χ1v) is 4.18. The van der Waals surface area contributed by atoms with E-state index < -0.39 is 0 Å². The zero-order valence-electron chi connectivity index (χ0n) is 6.46. The smallest absolute Gasteiger partial charge is 0.166 e. The normalized spacial score (nSPS) is 16.1. The standard InChI is InChI=1S/C9H8ClNO/c10-11-6-5-9(12)7-3-1-2-4-8(7)11/h1-4H,5-6H2. The van der Waals surface area contributed by atoms with Gasteiger partial charge in [0.05, 0.1) is 5.69 Å². The number of halogens is 1. The van der Waals surface area contributed by atoms with Crippen molar-refractivity contribution in [3.8, 4) is 0 Å². The molecule has 0 N–H and O–H groups in total. The number of Topliss-reactive ketones (excluding diaryl/α,β-unsaturated/α-hetero) is 1. The SMILES string of the molecule is O=C1CCN(Cl)c2ccccc21. The molecule has 3 heteroatoms. The third kappa shape index (κ3) is 1.08. The van der Waals surface area contributed by atoms with Gasteiger partial charge in [0.2, 0.25) is 0 Å². The number of benzene rings is 1. The van der Waals surface area contributed by atoms with Gasteiger partial charge in [0.15, 0.2) is 5.78 Å². The molecule has 0 radical (unpaired) electrons. The summed E-state index contributed by atoms with van der Waals surface area (Å²) in [6, 6.07) is 7.41. The minimum absolute atomic E-state index is 0.183. The molecule has 0 spiro atoms. The molecule has 0 bridgehead atoms. The Morgan fingerprint density at radius 1 is 1.33 bits per heavy atom. The van der Waals surface area contributed by atoms with Gasteiger partial charge in [0.1, 0.15) is 0 Å². The fraction of sp³-hybridized carbons (Fsp3) is 0.222. The van der Waals surface area contributed by atoms with Gasteiger partial charge in [-0.25, -0.2) is 0 Å². The van der Waals surface area contributed by atoms with E-state index in [2.05, 4.69) is 0 Å². The molecule has 62 valence electrons. The average Bonchev–Trinajstić information content (AvgIpc) is 2.12. The zero-order valence-corrected chi connectivity index (χ0v) is 7.21. The molecule has 1 aliphatic heterocycles. The summed E-state index contributed by atoms with van der Waals surface area (Å²) in [5, 5.41) is 0. The van der Waals surface area contributed by atoms with E-state index in [1.54, 1.807) is 4.42 Å². The number of carbonyl (C=O) groups is 1. The number of rotatable bonds is 0. The van der Waals surface area contributed by atoms with Crippen molar-refractivity contribution in [1.29, 1.82) is 0 Å². The second-order valence-electron chi connectivity index (χ2n) is 2.78. The molecule has 0 saturated heterocycles. The van der Waals surface area contributed by atoms with Gasteiger partial charge in [-0.05, 0) is 12.1 Å². The van der Waals surface area contributed by atoms with Crippen LogP contribution in [0.1, 0.15) is 16.8 Å². The fourth-order valence-corrected chi connectivity index (χ4v) is 1.61. The van der Waals surface area contributed by atoms with E-state index in [1.807, 2.05) is 24.3 Å². The molecule has 1 aromatic rings. The highest BCUT2D eigenvalue weighted by atomic mass is 35.5. The van der Waals surface area contributed by atoms with E-state index >= 15 is 0 Å². The summed E-state index contributed by atoms with van der Waals surface area (Å²) in [6.45, 7) is 0.609. The fourth-order valence-electron chi connectivity index (χ4n) is 1.38. The van der Waals surface area contributed by atoms with Crippen LogP contribution in [0.3, 0.4) is 0 Å². The maximum absolute atomic E-state index is 11.3. The number of fused-ring (bicyclic) bond motifs is 1. The molecule has 0 aromatic heterocycles. The van der Waals surface area contributed by atoms with Crippen LogP contribution in [0.25, 0.3) is 0 Å². The number of carbonyl (C=O) groups excluding carboxylic acids is 1. The summed E-state index contributed by atoms with van der Waals surface area (Å²) in [5.41, 5.74) is 1.56. The van der Waals surface area contributed by atoms with E-state index in [0.717, 1.165) is 11.3 Å². The Morgan fingerprint density at radius 3 is 2.83 bits per heavy atom. The molecule has 0 fully saturated rings. The van der Waals surface area contributed by atoms with Crippen molar-refractivity contribution in [2.24, 2.45) is 0 Å². The topological polar surface area (TPSA) is 20.3 Å². The van der Waals surface area contributed by atoms with Crippen molar-refractivity contribution in [3.05, 3.63) is 29.8 Å². The van der Waals surface area contributed by atoms with Crippen LogP contribution in [0, 0.1) is 0 Å². The summed E-state index contributed by atoms with van der Waals surface area (Å²) in [5.74, 6) is 0.183. The minimum atomic E-state index is 0.183. The maximum atomic E-state index is 11.3. The van der Waals surface area contributed by atoms with Crippen molar-refractivity contribution in [3.63, 3.8) is 0 Å². The lowest BCUT2D eigenvalue weighted by Gasteiger charge is -2.22. The molecule has 1 aromatic carbocycles. The van der Waals surface area contributed by atoms with E-state index in [4.69, 9.17) is 11.8 Å². The third-order valence-corrected chi connectivity index (χ3v) is 2.35. The Morgan fingerprint density at radius 2 is 2.08 bits per heavy atom. The van der Waals surface area contributed by atoms with Crippen molar-refractivity contribution in [2.75, 3.05) is 11.0 Å².